The molecule has 1 heterocycles. The zero-order chi connectivity index (χ0) is 19.7. The smallest absolute Gasteiger partial charge is 0.475 e. The van der Waals surface area contributed by atoms with E-state index in [0.717, 1.165) is 25.7 Å². The third-order valence-electron chi connectivity index (χ3n) is 5.76. The molecule has 2 unspecified atom stereocenters. The summed E-state index contributed by atoms with van der Waals surface area (Å²) in [5.41, 5.74) is 6.24. The summed E-state index contributed by atoms with van der Waals surface area (Å²) in [6.07, 6.45) is 2.53. The molecule has 3 N–H and O–H groups in total. The first-order chi connectivity index (χ1) is 12.0. The third kappa shape index (κ3) is 4.29. The molecular formula is C17H24F3N3O3. The average molecular weight is 375 g/mol. The van der Waals surface area contributed by atoms with Crippen LogP contribution in [0.1, 0.15) is 51.9 Å². The monoisotopic (exact) mass is 375 g/mol. The van der Waals surface area contributed by atoms with Crippen LogP contribution in [0.2, 0.25) is 0 Å². The number of nitriles is 1. The molecule has 0 aromatic carbocycles. The number of carboxylic acids is 1. The van der Waals surface area contributed by atoms with Gasteiger partial charge in [0.2, 0.25) is 5.91 Å². The van der Waals surface area contributed by atoms with Gasteiger partial charge in [0.25, 0.3) is 0 Å². The summed E-state index contributed by atoms with van der Waals surface area (Å²) in [7, 11) is 0. The van der Waals surface area contributed by atoms with Crippen LogP contribution < -0.4 is 5.73 Å². The number of aliphatic carboxylic acids is 1. The molecule has 0 radical (unpaired) electrons. The van der Waals surface area contributed by atoms with Crippen molar-refractivity contribution < 1.29 is 27.9 Å². The first-order valence-electron chi connectivity index (χ1n) is 8.79. The molecule has 6 nitrogen and oxygen atoms in total. The molecule has 3 aliphatic rings. The van der Waals surface area contributed by atoms with Crippen LogP contribution in [0.15, 0.2) is 0 Å². The number of likely N-dealkylation sites (tertiary alicyclic amines) is 1. The number of amides is 1. The maximum atomic E-state index is 12.7. The van der Waals surface area contributed by atoms with Crippen LogP contribution in [0.5, 0.6) is 0 Å². The van der Waals surface area contributed by atoms with E-state index in [-0.39, 0.29) is 17.4 Å². The Morgan fingerprint density at radius 1 is 1.27 bits per heavy atom. The predicted octanol–water partition coefficient (Wildman–Crippen LogP) is 2.43. The lowest BCUT2D eigenvalue weighted by Gasteiger charge is -2.40. The van der Waals surface area contributed by atoms with Crippen molar-refractivity contribution in [3.63, 3.8) is 0 Å². The highest BCUT2D eigenvalue weighted by Gasteiger charge is 2.56. The maximum Gasteiger partial charge on any atom is 0.490 e. The summed E-state index contributed by atoms with van der Waals surface area (Å²) in [6, 6.07) is 1.94. The van der Waals surface area contributed by atoms with Gasteiger partial charge in [-0.05, 0) is 37.0 Å². The fourth-order valence-electron chi connectivity index (χ4n) is 4.02. The minimum atomic E-state index is -5.08. The number of carbonyl (C=O) groups is 2. The molecule has 2 aliphatic carbocycles. The molecule has 9 heteroatoms. The number of nitrogens with zero attached hydrogens (tertiary/aromatic N) is 2. The van der Waals surface area contributed by atoms with E-state index in [0.29, 0.717) is 12.0 Å². The maximum absolute atomic E-state index is 12.7. The van der Waals surface area contributed by atoms with E-state index in [4.69, 9.17) is 15.6 Å². The summed E-state index contributed by atoms with van der Waals surface area (Å²) in [4.78, 5) is 23.4. The Kier molecular flexibility index (Phi) is 5.85. The number of hydrogen-bond acceptors (Lipinski definition) is 4. The highest BCUT2D eigenvalue weighted by atomic mass is 19.4. The highest BCUT2D eigenvalue weighted by Crippen LogP contribution is 2.49. The largest absolute Gasteiger partial charge is 0.490 e. The first kappa shape index (κ1) is 20.5. The number of carboxylic acid groups (broad SMARTS) is 1. The van der Waals surface area contributed by atoms with E-state index in [9.17, 15) is 23.2 Å². The van der Waals surface area contributed by atoms with Crippen LogP contribution in [0.25, 0.3) is 0 Å². The average Bonchev–Trinajstić information content (AvgIpc) is 3.24. The molecule has 4 atom stereocenters. The topological polar surface area (TPSA) is 107 Å². The van der Waals surface area contributed by atoms with Gasteiger partial charge in [-0.15, -0.1) is 0 Å². The Morgan fingerprint density at radius 2 is 1.81 bits per heavy atom. The van der Waals surface area contributed by atoms with Gasteiger partial charge in [-0.25, -0.2) is 4.79 Å². The van der Waals surface area contributed by atoms with Crippen LogP contribution in [0.3, 0.4) is 0 Å². The van der Waals surface area contributed by atoms with E-state index >= 15 is 0 Å². The summed E-state index contributed by atoms with van der Waals surface area (Å²) in [5, 5.41) is 16.3. The Bertz CT molecular complexity index is 596. The van der Waals surface area contributed by atoms with Crippen molar-refractivity contribution in [2.45, 2.75) is 76.2 Å². The van der Waals surface area contributed by atoms with Crippen molar-refractivity contribution >= 4 is 11.9 Å². The SMILES string of the molecule is CC1(C(N)C(=O)N2C(C#N)C[C@@H]3C[C@@H]32)CCCCC1.O=C(O)C(F)(F)F. The second kappa shape index (κ2) is 7.43. The van der Waals surface area contributed by atoms with Crippen LogP contribution in [-0.2, 0) is 9.59 Å². The fourth-order valence-corrected chi connectivity index (χ4v) is 4.02. The lowest BCUT2D eigenvalue weighted by molar-refractivity contribution is -0.192. The van der Waals surface area contributed by atoms with Crippen molar-refractivity contribution in [3.8, 4) is 6.07 Å². The quantitative estimate of drug-likeness (QED) is 0.771. The number of alkyl halides is 3. The second-order valence-corrected chi connectivity index (χ2v) is 7.68. The zero-order valence-corrected chi connectivity index (χ0v) is 14.6. The summed E-state index contributed by atoms with van der Waals surface area (Å²) in [5.74, 6) is -2.16. The van der Waals surface area contributed by atoms with Gasteiger partial charge >= 0.3 is 12.1 Å². The minimum absolute atomic E-state index is 0.0287. The van der Waals surface area contributed by atoms with E-state index in [2.05, 4.69) is 13.0 Å². The van der Waals surface area contributed by atoms with E-state index in [1.807, 2.05) is 4.90 Å². The molecule has 0 bridgehead atoms. The van der Waals surface area contributed by atoms with E-state index in [1.165, 1.54) is 19.3 Å². The Balaban J connectivity index is 0.000000298. The Hall–Kier alpha value is -1.82. The first-order valence-corrected chi connectivity index (χ1v) is 8.79. The molecule has 1 amide bonds. The van der Waals surface area contributed by atoms with Crippen molar-refractivity contribution in [3.05, 3.63) is 0 Å². The number of rotatable bonds is 2. The van der Waals surface area contributed by atoms with Crippen LogP contribution >= 0.6 is 0 Å². The number of halogens is 3. The van der Waals surface area contributed by atoms with Gasteiger partial charge in [-0.1, -0.05) is 26.2 Å². The summed E-state index contributed by atoms with van der Waals surface area (Å²) < 4.78 is 31.7. The fraction of sp³-hybridized carbons (Fsp3) is 0.824. The Morgan fingerprint density at radius 3 is 2.27 bits per heavy atom. The number of carbonyl (C=O) groups excluding carboxylic acids is 1. The molecule has 26 heavy (non-hydrogen) atoms. The van der Waals surface area contributed by atoms with Gasteiger partial charge in [0, 0.05) is 6.04 Å². The van der Waals surface area contributed by atoms with Crippen LogP contribution in [0.4, 0.5) is 13.2 Å². The van der Waals surface area contributed by atoms with Crippen molar-refractivity contribution in [2.24, 2.45) is 17.1 Å². The van der Waals surface area contributed by atoms with Crippen LogP contribution in [-0.4, -0.2) is 46.2 Å². The number of hydrogen-bond donors (Lipinski definition) is 2. The lowest BCUT2D eigenvalue weighted by Crippen LogP contribution is -2.54. The Labute approximate surface area is 150 Å². The number of fused-ring (bicyclic) bond motifs is 1. The van der Waals surface area contributed by atoms with Gasteiger partial charge in [0.05, 0.1) is 12.1 Å². The molecule has 2 saturated carbocycles. The predicted molar refractivity (Wildman–Crippen MR) is 85.6 cm³/mol. The molecule has 1 aliphatic heterocycles. The van der Waals surface area contributed by atoms with Crippen molar-refractivity contribution in [2.75, 3.05) is 0 Å². The van der Waals surface area contributed by atoms with Gasteiger partial charge in [0.15, 0.2) is 0 Å². The summed E-state index contributed by atoms with van der Waals surface area (Å²) >= 11 is 0. The van der Waals surface area contributed by atoms with E-state index < -0.39 is 18.2 Å². The molecule has 1 saturated heterocycles. The normalized spacial score (nSPS) is 30.3. The molecule has 3 rings (SSSR count). The molecule has 3 fully saturated rings. The number of piperidine rings is 1. The minimum Gasteiger partial charge on any atom is -0.475 e. The van der Waals surface area contributed by atoms with Gasteiger partial charge < -0.3 is 15.7 Å². The highest BCUT2D eigenvalue weighted by molar-refractivity contribution is 5.84. The van der Waals surface area contributed by atoms with Gasteiger partial charge in [-0.3, -0.25) is 4.79 Å². The van der Waals surface area contributed by atoms with Crippen LogP contribution in [0, 0.1) is 22.7 Å². The zero-order valence-electron chi connectivity index (χ0n) is 14.6. The molecule has 0 aromatic rings. The molecule has 0 aromatic heterocycles. The lowest BCUT2D eigenvalue weighted by atomic mass is 9.70. The molecule has 0 spiro atoms. The van der Waals surface area contributed by atoms with Crippen molar-refractivity contribution in [1.82, 2.24) is 4.90 Å². The number of nitrogens with two attached hydrogens (primary N) is 1. The molecule has 146 valence electrons. The van der Waals surface area contributed by atoms with E-state index in [1.54, 1.807) is 0 Å². The summed E-state index contributed by atoms with van der Waals surface area (Å²) in [6.45, 7) is 2.15. The van der Waals surface area contributed by atoms with Gasteiger partial charge in [-0.2, -0.15) is 18.4 Å². The van der Waals surface area contributed by atoms with Crippen molar-refractivity contribution in [1.29, 1.82) is 5.26 Å². The van der Waals surface area contributed by atoms with Gasteiger partial charge in [0.1, 0.15) is 6.04 Å². The standard InChI is InChI=1S/C15H23N3O.C2HF3O2/c1-15(5-3-2-4-6-15)13(17)14(19)18-11(9-16)7-10-8-12(10)18;3-2(4,5)1(6)7/h10-13H,2-8,17H2,1H3;(H,6,7)/t10-,11?,12+,13?;/m1./s1. The molecular weight excluding hydrogens is 351 g/mol. The second-order valence-electron chi connectivity index (χ2n) is 7.68. The third-order valence-corrected chi connectivity index (χ3v) is 5.76.